The van der Waals surface area contributed by atoms with Crippen molar-refractivity contribution in [2.24, 2.45) is 0 Å². The van der Waals surface area contributed by atoms with Gasteiger partial charge in [0.15, 0.2) is 5.16 Å². The van der Waals surface area contributed by atoms with E-state index in [0.717, 1.165) is 33.0 Å². The van der Waals surface area contributed by atoms with Crippen molar-refractivity contribution in [2.45, 2.75) is 17.3 Å². The second kappa shape index (κ2) is 7.38. The van der Waals surface area contributed by atoms with Gasteiger partial charge in [0.05, 0.1) is 34.5 Å². The zero-order valence-corrected chi connectivity index (χ0v) is 17.9. The van der Waals surface area contributed by atoms with Gasteiger partial charge in [0.25, 0.3) is 0 Å². The third kappa shape index (κ3) is 3.13. The van der Waals surface area contributed by atoms with Gasteiger partial charge in [0.2, 0.25) is 5.91 Å². The summed E-state index contributed by atoms with van der Waals surface area (Å²) in [5, 5.41) is 3.79. The van der Waals surface area contributed by atoms with Gasteiger partial charge in [0.1, 0.15) is 11.0 Å². The van der Waals surface area contributed by atoms with E-state index in [1.807, 2.05) is 67.6 Å². The number of halogens is 1. The van der Waals surface area contributed by atoms with E-state index in [4.69, 9.17) is 21.3 Å². The molecule has 1 aliphatic rings. The minimum Gasteiger partial charge on any atom is -0.497 e. The van der Waals surface area contributed by atoms with Crippen molar-refractivity contribution < 1.29 is 9.53 Å². The van der Waals surface area contributed by atoms with Crippen LogP contribution in [-0.2, 0) is 4.79 Å². The van der Waals surface area contributed by atoms with Gasteiger partial charge in [-0.1, -0.05) is 41.6 Å². The van der Waals surface area contributed by atoms with Gasteiger partial charge in [-0.15, -0.1) is 0 Å². The molecule has 0 aliphatic carbocycles. The highest BCUT2D eigenvalue weighted by Gasteiger charge is 2.33. The maximum atomic E-state index is 13.3. The average molecular weight is 436 g/mol. The van der Waals surface area contributed by atoms with E-state index < -0.39 is 5.25 Å². The summed E-state index contributed by atoms with van der Waals surface area (Å²) < 4.78 is 7.52. The molecule has 1 aliphatic heterocycles. The fraction of sp³-hybridized carbons (Fsp3) is 0.130. The number of thioether (sulfide) groups is 1. The minimum absolute atomic E-state index is 0.154. The Balaban J connectivity index is 1.61. The molecule has 150 valence electrons. The van der Waals surface area contributed by atoms with E-state index in [9.17, 15) is 4.79 Å². The molecule has 0 unspecified atom stereocenters. The predicted octanol–water partition coefficient (Wildman–Crippen LogP) is 5.78. The maximum absolute atomic E-state index is 13.3. The summed E-state index contributed by atoms with van der Waals surface area (Å²) in [5.41, 5.74) is 5.32. The van der Waals surface area contributed by atoms with Crippen LogP contribution in [0.2, 0.25) is 5.02 Å². The number of hydrogen-bond acceptors (Lipinski definition) is 4. The number of hydrogen-bond donors (Lipinski definition) is 1. The molecule has 0 saturated carbocycles. The number of methoxy groups -OCH3 is 1. The highest BCUT2D eigenvalue weighted by Crippen LogP contribution is 2.46. The molecular formula is C23H18ClN3O2S. The highest BCUT2D eigenvalue weighted by molar-refractivity contribution is 8.00. The van der Waals surface area contributed by atoms with Gasteiger partial charge >= 0.3 is 0 Å². The highest BCUT2D eigenvalue weighted by atomic mass is 35.5. The Bertz CT molecular complexity index is 1300. The van der Waals surface area contributed by atoms with Gasteiger partial charge in [-0.2, -0.15) is 0 Å². The summed E-state index contributed by atoms with van der Waals surface area (Å²) in [6, 6.07) is 19.3. The molecule has 5 nitrogen and oxygen atoms in total. The molecule has 0 fully saturated rings. The van der Waals surface area contributed by atoms with Gasteiger partial charge in [-0.3, -0.25) is 9.36 Å². The van der Waals surface area contributed by atoms with Gasteiger partial charge in [-0.05, 0) is 55.0 Å². The third-order valence-corrected chi connectivity index (χ3v) is 6.63. The van der Waals surface area contributed by atoms with E-state index in [2.05, 4.69) is 9.88 Å². The second-order valence-electron chi connectivity index (χ2n) is 7.11. The molecule has 0 spiro atoms. The normalized spacial score (nSPS) is 14.8. The van der Waals surface area contributed by atoms with Crippen LogP contribution in [0.4, 0.5) is 5.69 Å². The van der Waals surface area contributed by atoms with E-state index in [-0.39, 0.29) is 5.91 Å². The number of rotatable bonds is 3. The number of para-hydroxylation sites is 2. The molecule has 0 radical (unpaired) electrons. The lowest BCUT2D eigenvalue weighted by Gasteiger charge is -2.26. The molecule has 1 atom stereocenters. The molecule has 1 N–H and O–H groups in total. The van der Waals surface area contributed by atoms with E-state index >= 15 is 0 Å². The maximum Gasteiger partial charge on any atom is 0.242 e. The number of carbonyl (C=O) groups excluding carboxylic acids is 1. The Labute approximate surface area is 183 Å². The molecule has 0 saturated heterocycles. The fourth-order valence-corrected chi connectivity index (χ4v) is 5.10. The molecule has 1 amide bonds. The number of fused-ring (bicyclic) bond motifs is 5. The SMILES string of the molecule is COc1ccc2c(c1)[C@@H](C(=O)Nc1ccc(C)cc1Cl)Sc1nc3ccccc3n1-2. The molecule has 0 bridgehead atoms. The summed E-state index contributed by atoms with van der Waals surface area (Å²) >= 11 is 7.76. The smallest absolute Gasteiger partial charge is 0.242 e. The first-order valence-electron chi connectivity index (χ1n) is 9.44. The molecule has 30 heavy (non-hydrogen) atoms. The Kier molecular flexibility index (Phi) is 4.68. The number of benzene rings is 3. The molecule has 5 rings (SSSR count). The zero-order chi connectivity index (χ0) is 20.8. The molecule has 1 aromatic heterocycles. The summed E-state index contributed by atoms with van der Waals surface area (Å²) in [6.07, 6.45) is 0. The number of nitrogens with one attached hydrogen (secondary N) is 1. The fourth-order valence-electron chi connectivity index (χ4n) is 3.67. The lowest BCUT2D eigenvalue weighted by atomic mass is 10.1. The number of nitrogens with zero attached hydrogens (tertiary/aromatic N) is 2. The third-order valence-electron chi connectivity index (χ3n) is 5.13. The van der Waals surface area contributed by atoms with Crippen molar-refractivity contribution in [1.82, 2.24) is 9.55 Å². The number of anilines is 1. The monoisotopic (exact) mass is 435 g/mol. The van der Waals surface area contributed by atoms with E-state index in [1.165, 1.54) is 11.8 Å². The van der Waals surface area contributed by atoms with Crippen molar-refractivity contribution >= 4 is 46.0 Å². The molecule has 3 aromatic carbocycles. The Hall–Kier alpha value is -2.96. The van der Waals surface area contributed by atoms with Crippen LogP contribution in [0.5, 0.6) is 5.75 Å². The van der Waals surface area contributed by atoms with E-state index in [1.54, 1.807) is 7.11 Å². The van der Waals surface area contributed by atoms with Gasteiger partial charge in [-0.25, -0.2) is 4.98 Å². The van der Waals surface area contributed by atoms with Gasteiger partial charge in [0, 0.05) is 5.56 Å². The topological polar surface area (TPSA) is 56.1 Å². The first-order chi connectivity index (χ1) is 14.5. The predicted molar refractivity (Wildman–Crippen MR) is 121 cm³/mol. The number of amides is 1. The van der Waals surface area contributed by atoms with Crippen LogP contribution in [-0.4, -0.2) is 22.6 Å². The number of ether oxygens (including phenoxy) is 1. The molecule has 4 aromatic rings. The minimum atomic E-state index is -0.489. The van der Waals surface area contributed by atoms with Crippen LogP contribution in [0.25, 0.3) is 16.7 Å². The Morgan fingerprint density at radius 2 is 2.00 bits per heavy atom. The second-order valence-corrected chi connectivity index (χ2v) is 8.59. The Morgan fingerprint density at radius 1 is 1.17 bits per heavy atom. The molecular weight excluding hydrogens is 418 g/mol. The van der Waals surface area contributed by atoms with Crippen molar-refractivity contribution in [3.8, 4) is 11.4 Å². The van der Waals surface area contributed by atoms with Gasteiger partial charge < -0.3 is 10.1 Å². The summed E-state index contributed by atoms with van der Waals surface area (Å²) in [5.74, 6) is 0.548. The van der Waals surface area contributed by atoms with Crippen LogP contribution in [0.1, 0.15) is 16.4 Å². The van der Waals surface area contributed by atoms with Crippen LogP contribution in [0.3, 0.4) is 0 Å². The summed E-state index contributed by atoms with van der Waals surface area (Å²) in [7, 11) is 1.62. The number of aryl methyl sites for hydroxylation is 1. The number of carbonyl (C=O) groups is 1. The summed E-state index contributed by atoms with van der Waals surface area (Å²) in [6.45, 7) is 1.96. The van der Waals surface area contributed by atoms with Crippen LogP contribution < -0.4 is 10.1 Å². The van der Waals surface area contributed by atoms with Crippen molar-refractivity contribution in [1.29, 1.82) is 0 Å². The van der Waals surface area contributed by atoms with Crippen LogP contribution in [0.15, 0.2) is 65.8 Å². The molecule has 7 heteroatoms. The molecule has 2 heterocycles. The first kappa shape index (κ1) is 19.0. The van der Waals surface area contributed by atoms with Crippen molar-refractivity contribution in [3.63, 3.8) is 0 Å². The van der Waals surface area contributed by atoms with Crippen molar-refractivity contribution in [2.75, 3.05) is 12.4 Å². The summed E-state index contributed by atoms with van der Waals surface area (Å²) in [4.78, 5) is 18.1. The first-order valence-corrected chi connectivity index (χ1v) is 10.7. The standard InChI is InChI=1S/C23H18ClN3O2S/c1-13-7-9-17(16(24)11-13)25-22(28)21-15-12-14(29-2)8-10-19(15)27-20-6-4-3-5-18(20)26-23(27)30-21/h3-12,21H,1-2H3,(H,25,28)/t21-/m0/s1. The quantitative estimate of drug-likeness (QED) is 0.443. The zero-order valence-electron chi connectivity index (χ0n) is 16.3. The lowest BCUT2D eigenvalue weighted by Crippen LogP contribution is -2.23. The lowest BCUT2D eigenvalue weighted by molar-refractivity contribution is -0.115. The Morgan fingerprint density at radius 3 is 2.80 bits per heavy atom. The number of imidazole rings is 1. The van der Waals surface area contributed by atoms with Crippen LogP contribution in [0, 0.1) is 6.92 Å². The largest absolute Gasteiger partial charge is 0.497 e. The average Bonchev–Trinajstić information content (AvgIpc) is 3.13. The number of aromatic nitrogens is 2. The van der Waals surface area contributed by atoms with E-state index in [0.29, 0.717) is 16.5 Å². The van der Waals surface area contributed by atoms with Crippen molar-refractivity contribution in [3.05, 3.63) is 76.8 Å². The van der Waals surface area contributed by atoms with Crippen LogP contribution >= 0.6 is 23.4 Å².